The largest absolute Gasteiger partial charge is 0.481 e. The number of carbonyl (C=O) groups excluding carboxylic acids is 2. The minimum absolute atomic E-state index is 0.110. The maximum Gasteiger partial charge on any atom is 0.306 e. The SMILES string of the molecule is CC(C)C[C@H](NC(=O)c1cccc(N(C)S(=O)(=O)Cc2ccccc2)c1)[C@@H](O)C[C@@H](C)C(=O)NC1CCCC(C(=O)O)C1. The summed E-state index contributed by atoms with van der Waals surface area (Å²) in [6.07, 6.45) is 2.02. The Labute approximate surface area is 254 Å². The molecule has 236 valence electrons. The van der Waals surface area contributed by atoms with Crippen LogP contribution in [0, 0.1) is 17.8 Å². The second-order valence-electron chi connectivity index (χ2n) is 12.1. The number of hydrogen-bond acceptors (Lipinski definition) is 6. The number of nitrogens with zero attached hydrogens (tertiary/aromatic N) is 1. The average Bonchev–Trinajstić information content (AvgIpc) is 2.96. The summed E-state index contributed by atoms with van der Waals surface area (Å²) in [5, 5.41) is 26.3. The van der Waals surface area contributed by atoms with Gasteiger partial charge in [-0.1, -0.05) is 63.6 Å². The van der Waals surface area contributed by atoms with E-state index in [0.29, 0.717) is 30.5 Å². The zero-order chi connectivity index (χ0) is 31.7. The van der Waals surface area contributed by atoms with Gasteiger partial charge in [-0.2, -0.15) is 0 Å². The molecular formula is C32H45N3O7S. The normalized spacial score (nSPS) is 19.2. The van der Waals surface area contributed by atoms with E-state index in [9.17, 15) is 33.0 Å². The molecular weight excluding hydrogens is 570 g/mol. The van der Waals surface area contributed by atoms with Crippen molar-refractivity contribution in [2.45, 2.75) is 83.2 Å². The molecule has 1 fully saturated rings. The molecule has 0 spiro atoms. The molecule has 1 aliphatic carbocycles. The first-order valence-electron chi connectivity index (χ1n) is 14.9. The summed E-state index contributed by atoms with van der Waals surface area (Å²) < 4.78 is 27.2. The van der Waals surface area contributed by atoms with Crippen LogP contribution in [0.25, 0.3) is 0 Å². The number of aliphatic hydroxyl groups excluding tert-OH is 1. The van der Waals surface area contributed by atoms with Gasteiger partial charge in [0.2, 0.25) is 15.9 Å². The maximum absolute atomic E-state index is 13.3. The first kappa shape index (κ1) is 34.1. The Bertz CT molecular complexity index is 1350. The Morgan fingerprint density at radius 3 is 2.35 bits per heavy atom. The van der Waals surface area contributed by atoms with Crippen LogP contribution in [0.4, 0.5) is 5.69 Å². The third kappa shape index (κ3) is 10.1. The highest BCUT2D eigenvalue weighted by Gasteiger charge is 2.31. The highest BCUT2D eigenvalue weighted by molar-refractivity contribution is 7.92. The van der Waals surface area contributed by atoms with Crippen LogP contribution < -0.4 is 14.9 Å². The van der Waals surface area contributed by atoms with Gasteiger partial charge >= 0.3 is 5.97 Å². The van der Waals surface area contributed by atoms with E-state index in [1.807, 2.05) is 19.9 Å². The minimum Gasteiger partial charge on any atom is -0.481 e. The maximum atomic E-state index is 13.3. The Balaban J connectivity index is 1.65. The number of anilines is 1. The molecule has 43 heavy (non-hydrogen) atoms. The Kier molecular flexibility index (Phi) is 12.1. The van der Waals surface area contributed by atoms with Gasteiger partial charge in [0.05, 0.1) is 29.5 Å². The quantitative estimate of drug-likeness (QED) is 0.251. The third-order valence-electron chi connectivity index (χ3n) is 8.00. The van der Waals surface area contributed by atoms with Crippen LogP contribution in [0.5, 0.6) is 0 Å². The number of carbonyl (C=O) groups is 3. The van der Waals surface area contributed by atoms with Crippen LogP contribution in [0.3, 0.4) is 0 Å². The number of carboxylic acids is 1. The minimum atomic E-state index is -3.71. The van der Waals surface area contributed by atoms with Crippen molar-refractivity contribution in [1.29, 1.82) is 0 Å². The molecule has 2 aromatic rings. The molecule has 10 nitrogen and oxygen atoms in total. The Hall–Kier alpha value is -3.44. The number of benzene rings is 2. The zero-order valence-electron chi connectivity index (χ0n) is 25.4. The molecule has 0 aliphatic heterocycles. The van der Waals surface area contributed by atoms with E-state index in [4.69, 9.17) is 0 Å². The van der Waals surface area contributed by atoms with Crippen LogP contribution in [0.15, 0.2) is 54.6 Å². The fourth-order valence-corrected chi connectivity index (χ4v) is 6.72. The van der Waals surface area contributed by atoms with E-state index in [-0.39, 0.29) is 35.6 Å². The molecule has 2 unspecified atom stereocenters. The fraction of sp³-hybridized carbons (Fsp3) is 0.531. The van der Waals surface area contributed by atoms with Gasteiger partial charge in [-0.25, -0.2) is 8.42 Å². The fourth-order valence-electron chi connectivity index (χ4n) is 5.48. The lowest BCUT2D eigenvalue weighted by molar-refractivity contribution is -0.143. The summed E-state index contributed by atoms with van der Waals surface area (Å²) >= 11 is 0. The number of aliphatic carboxylic acids is 1. The lowest BCUT2D eigenvalue weighted by Gasteiger charge is -2.30. The molecule has 0 radical (unpaired) electrons. The van der Waals surface area contributed by atoms with E-state index in [0.717, 1.165) is 17.1 Å². The summed E-state index contributed by atoms with van der Waals surface area (Å²) in [7, 11) is -2.26. The van der Waals surface area contributed by atoms with E-state index in [1.165, 1.54) is 13.1 Å². The predicted octanol–water partition coefficient (Wildman–Crippen LogP) is 3.94. The molecule has 1 aliphatic rings. The summed E-state index contributed by atoms with van der Waals surface area (Å²) in [6, 6.07) is 14.3. The van der Waals surface area contributed by atoms with Gasteiger partial charge in [-0.15, -0.1) is 0 Å². The number of sulfonamides is 1. The number of amides is 2. The third-order valence-corrected chi connectivity index (χ3v) is 9.74. The van der Waals surface area contributed by atoms with Gasteiger partial charge in [0, 0.05) is 24.6 Å². The smallest absolute Gasteiger partial charge is 0.306 e. The standard InChI is InChI=1S/C32H45N3O7S/c1-21(2)16-28(29(36)17-22(3)30(37)33-26-14-8-13-25(18-26)32(39)40)34-31(38)24-12-9-15-27(19-24)35(4)43(41,42)20-23-10-6-5-7-11-23/h5-7,9-12,15,19,21-22,25-26,28-29,36H,8,13-14,16-18,20H2,1-4H3,(H,33,37)(H,34,38)(H,39,40)/t22-,25?,26?,28+,29+/m1/s1. The van der Waals surface area contributed by atoms with Crippen molar-refractivity contribution >= 4 is 33.5 Å². The van der Waals surface area contributed by atoms with E-state index >= 15 is 0 Å². The van der Waals surface area contributed by atoms with Gasteiger partial charge in [-0.05, 0) is 61.8 Å². The molecule has 4 N–H and O–H groups in total. The van der Waals surface area contributed by atoms with Crippen molar-refractivity contribution in [2.24, 2.45) is 17.8 Å². The van der Waals surface area contributed by atoms with Crippen molar-refractivity contribution in [1.82, 2.24) is 10.6 Å². The van der Waals surface area contributed by atoms with Gasteiger partial charge in [0.1, 0.15) is 0 Å². The molecule has 0 bridgehead atoms. The van der Waals surface area contributed by atoms with Gasteiger partial charge < -0.3 is 20.8 Å². The van der Waals surface area contributed by atoms with Crippen LogP contribution in [-0.2, 0) is 25.4 Å². The lowest BCUT2D eigenvalue weighted by atomic mass is 9.85. The monoisotopic (exact) mass is 615 g/mol. The molecule has 5 atom stereocenters. The molecule has 1 saturated carbocycles. The first-order chi connectivity index (χ1) is 20.3. The topological polar surface area (TPSA) is 153 Å². The number of aliphatic hydroxyl groups is 1. The summed E-state index contributed by atoms with van der Waals surface area (Å²) in [4.78, 5) is 37.6. The average molecular weight is 616 g/mol. The molecule has 11 heteroatoms. The van der Waals surface area contributed by atoms with Crippen LogP contribution >= 0.6 is 0 Å². The van der Waals surface area contributed by atoms with E-state index < -0.39 is 45.9 Å². The number of rotatable bonds is 14. The molecule has 0 aromatic heterocycles. The van der Waals surface area contributed by atoms with Gasteiger partial charge in [0.15, 0.2) is 0 Å². The Morgan fingerprint density at radius 2 is 1.70 bits per heavy atom. The van der Waals surface area contributed by atoms with Crippen molar-refractivity contribution in [3.8, 4) is 0 Å². The van der Waals surface area contributed by atoms with Crippen molar-refractivity contribution in [3.63, 3.8) is 0 Å². The number of carboxylic acid groups (broad SMARTS) is 1. The molecule has 3 rings (SSSR count). The summed E-state index contributed by atoms with van der Waals surface area (Å²) in [5.74, 6) is -2.63. The molecule has 2 amide bonds. The highest BCUT2D eigenvalue weighted by atomic mass is 32.2. The lowest BCUT2D eigenvalue weighted by Crippen LogP contribution is -2.47. The highest BCUT2D eigenvalue weighted by Crippen LogP contribution is 2.26. The van der Waals surface area contributed by atoms with Crippen molar-refractivity contribution in [3.05, 3.63) is 65.7 Å². The Morgan fingerprint density at radius 1 is 1.00 bits per heavy atom. The van der Waals surface area contributed by atoms with Crippen LogP contribution in [0.1, 0.15) is 75.2 Å². The molecule has 0 saturated heterocycles. The number of hydrogen-bond donors (Lipinski definition) is 4. The summed E-state index contributed by atoms with van der Waals surface area (Å²) in [5.41, 5.74) is 1.24. The second kappa shape index (κ2) is 15.3. The molecule has 0 heterocycles. The zero-order valence-corrected chi connectivity index (χ0v) is 26.2. The predicted molar refractivity (Wildman–Crippen MR) is 166 cm³/mol. The van der Waals surface area contributed by atoms with Crippen molar-refractivity contribution < 1.29 is 33.0 Å². The van der Waals surface area contributed by atoms with Crippen LogP contribution in [-0.4, -0.2) is 61.6 Å². The van der Waals surface area contributed by atoms with Gasteiger partial charge in [-0.3, -0.25) is 18.7 Å². The first-order valence-corrected chi connectivity index (χ1v) is 16.5. The number of nitrogens with one attached hydrogen (secondary N) is 2. The summed E-state index contributed by atoms with van der Waals surface area (Å²) in [6.45, 7) is 5.65. The van der Waals surface area contributed by atoms with E-state index in [2.05, 4.69) is 10.6 Å². The van der Waals surface area contributed by atoms with Crippen molar-refractivity contribution in [2.75, 3.05) is 11.4 Å². The molecule has 2 aromatic carbocycles. The van der Waals surface area contributed by atoms with E-state index in [1.54, 1.807) is 49.4 Å². The second-order valence-corrected chi connectivity index (χ2v) is 14.1. The van der Waals surface area contributed by atoms with Gasteiger partial charge in [0.25, 0.3) is 5.91 Å². The van der Waals surface area contributed by atoms with Crippen LogP contribution in [0.2, 0.25) is 0 Å².